The molecule has 286 valence electrons. The molecule has 0 saturated heterocycles. The lowest BCUT2D eigenvalue weighted by Gasteiger charge is -2.36. The van der Waals surface area contributed by atoms with E-state index in [1.807, 2.05) is 45.2 Å². The summed E-state index contributed by atoms with van der Waals surface area (Å²) < 4.78 is 12.9. The number of anilines is 3. The Morgan fingerprint density at radius 2 is 1.69 bits per heavy atom. The molecule has 0 bridgehead atoms. The van der Waals surface area contributed by atoms with Gasteiger partial charge in [0.2, 0.25) is 0 Å². The summed E-state index contributed by atoms with van der Waals surface area (Å²) in [7, 11) is 2.02. The number of likely N-dealkylation sites (N-methyl/N-ethyl adjacent to an activating group) is 1. The van der Waals surface area contributed by atoms with E-state index in [0.717, 1.165) is 24.8 Å². The molecular weight excluding hydrogens is 684 g/mol. The lowest BCUT2D eigenvalue weighted by atomic mass is 10.0. The van der Waals surface area contributed by atoms with Gasteiger partial charge in [-0.1, -0.05) is 31.2 Å². The molecule has 2 heterocycles. The molecule has 3 amide bonds. The van der Waals surface area contributed by atoms with Crippen LogP contribution in [-0.4, -0.2) is 89.2 Å². The SMILES string of the molecule is C[C@@H]1CCCCO[C@@H](CN(C)Cc2ccc(C(=O)Nc3ccccc3N)cc2)[C@@H](C)CN([C@H](C)CO)C(=O)c2cc(NC(=O)c3ccncc3)ccc2O1. The van der Waals surface area contributed by atoms with Gasteiger partial charge in [-0.15, -0.1) is 0 Å². The number of nitrogens with two attached hydrogens (primary N) is 1. The largest absolute Gasteiger partial charge is 0.490 e. The van der Waals surface area contributed by atoms with Crippen molar-refractivity contribution in [2.45, 2.75) is 64.8 Å². The van der Waals surface area contributed by atoms with Crippen LogP contribution in [0.15, 0.2) is 91.3 Å². The smallest absolute Gasteiger partial charge is 0.258 e. The second-order valence-electron chi connectivity index (χ2n) is 14.1. The van der Waals surface area contributed by atoms with Crippen molar-refractivity contribution >= 4 is 34.8 Å². The molecule has 0 spiro atoms. The number of benzene rings is 3. The van der Waals surface area contributed by atoms with E-state index in [4.69, 9.17) is 15.2 Å². The number of para-hydroxylation sites is 2. The van der Waals surface area contributed by atoms with Crippen molar-refractivity contribution in [2.24, 2.45) is 5.92 Å². The van der Waals surface area contributed by atoms with E-state index in [2.05, 4.69) is 27.4 Å². The van der Waals surface area contributed by atoms with Crippen LogP contribution in [0.1, 0.15) is 76.7 Å². The van der Waals surface area contributed by atoms with E-state index in [0.29, 0.717) is 65.7 Å². The third-order valence-corrected chi connectivity index (χ3v) is 9.62. The van der Waals surface area contributed by atoms with Gasteiger partial charge in [-0.05, 0) is 100 Å². The number of amides is 3. The molecule has 5 N–H and O–H groups in total. The fourth-order valence-corrected chi connectivity index (χ4v) is 6.42. The van der Waals surface area contributed by atoms with E-state index in [-0.39, 0.29) is 42.5 Å². The van der Waals surface area contributed by atoms with Crippen LogP contribution >= 0.6 is 0 Å². The molecule has 5 rings (SSSR count). The highest BCUT2D eigenvalue weighted by Gasteiger charge is 2.30. The van der Waals surface area contributed by atoms with Crippen LogP contribution in [0.4, 0.5) is 17.1 Å². The van der Waals surface area contributed by atoms with Crippen molar-refractivity contribution in [3.8, 4) is 5.75 Å². The zero-order valence-electron chi connectivity index (χ0n) is 31.5. The van der Waals surface area contributed by atoms with Crippen molar-refractivity contribution in [2.75, 3.05) is 49.7 Å². The summed E-state index contributed by atoms with van der Waals surface area (Å²) in [4.78, 5) is 48.1. The average molecular weight is 737 g/mol. The maximum absolute atomic E-state index is 14.5. The maximum atomic E-state index is 14.5. The first-order valence-electron chi connectivity index (χ1n) is 18.5. The Kier molecular flexibility index (Phi) is 14.2. The molecule has 1 aliphatic rings. The van der Waals surface area contributed by atoms with E-state index in [1.54, 1.807) is 71.9 Å². The topological polar surface area (TPSA) is 159 Å². The average Bonchev–Trinajstić information content (AvgIpc) is 3.17. The lowest BCUT2D eigenvalue weighted by molar-refractivity contribution is -0.0177. The molecule has 54 heavy (non-hydrogen) atoms. The zero-order chi connectivity index (χ0) is 38.6. The van der Waals surface area contributed by atoms with Crippen molar-refractivity contribution in [1.82, 2.24) is 14.8 Å². The number of rotatable bonds is 10. The highest BCUT2D eigenvalue weighted by atomic mass is 16.5. The van der Waals surface area contributed by atoms with Crippen molar-refractivity contribution in [3.63, 3.8) is 0 Å². The van der Waals surface area contributed by atoms with E-state index < -0.39 is 6.04 Å². The van der Waals surface area contributed by atoms with Gasteiger partial charge in [-0.3, -0.25) is 24.3 Å². The Balaban J connectivity index is 1.31. The summed E-state index contributed by atoms with van der Waals surface area (Å²) in [5.41, 5.74) is 9.82. The number of ether oxygens (including phenoxy) is 2. The number of hydrogen-bond donors (Lipinski definition) is 4. The van der Waals surface area contributed by atoms with Gasteiger partial charge in [0.15, 0.2) is 0 Å². The molecule has 0 radical (unpaired) electrons. The zero-order valence-corrected chi connectivity index (χ0v) is 31.5. The predicted molar refractivity (Wildman–Crippen MR) is 211 cm³/mol. The Labute approximate surface area is 317 Å². The van der Waals surface area contributed by atoms with Gasteiger partial charge >= 0.3 is 0 Å². The third-order valence-electron chi connectivity index (χ3n) is 9.62. The number of carbonyl (C=O) groups is 3. The van der Waals surface area contributed by atoms with Crippen molar-refractivity contribution in [3.05, 3.63) is 114 Å². The van der Waals surface area contributed by atoms with Crippen LogP contribution in [0, 0.1) is 5.92 Å². The van der Waals surface area contributed by atoms with Crippen LogP contribution in [0.5, 0.6) is 5.75 Å². The highest BCUT2D eigenvalue weighted by molar-refractivity contribution is 6.06. The second kappa shape index (κ2) is 19.2. The summed E-state index contributed by atoms with van der Waals surface area (Å²) >= 11 is 0. The molecule has 4 aromatic rings. The van der Waals surface area contributed by atoms with Gasteiger partial charge in [0.05, 0.1) is 41.8 Å². The molecule has 1 aliphatic heterocycles. The lowest BCUT2D eigenvalue weighted by Crippen LogP contribution is -2.47. The maximum Gasteiger partial charge on any atom is 0.258 e. The Morgan fingerprint density at radius 1 is 0.981 bits per heavy atom. The van der Waals surface area contributed by atoms with Gasteiger partial charge in [0.1, 0.15) is 5.75 Å². The normalized spacial score (nSPS) is 18.9. The summed E-state index contributed by atoms with van der Waals surface area (Å²) in [5.74, 6) is -0.556. The van der Waals surface area contributed by atoms with E-state index >= 15 is 0 Å². The molecule has 0 fully saturated rings. The van der Waals surface area contributed by atoms with Gasteiger partial charge < -0.3 is 35.8 Å². The molecule has 12 heteroatoms. The summed E-state index contributed by atoms with van der Waals surface area (Å²) in [6, 6.07) is 22.5. The van der Waals surface area contributed by atoms with Gasteiger partial charge in [-0.2, -0.15) is 0 Å². The van der Waals surface area contributed by atoms with Crippen LogP contribution < -0.4 is 21.1 Å². The Hall–Kier alpha value is -5.30. The fraction of sp³-hybridized carbons (Fsp3) is 0.381. The first-order valence-corrected chi connectivity index (χ1v) is 18.5. The first kappa shape index (κ1) is 39.9. The number of nitrogens with zero attached hydrogens (tertiary/aromatic N) is 3. The molecule has 0 aliphatic carbocycles. The van der Waals surface area contributed by atoms with Gasteiger partial charge in [0, 0.05) is 61.4 Å². The molecule has 0 unspecified atom stereocenters. The minimum atomic E-state index is -0.499. The van der Waals surface area contributed by atoms with Crippen LogP contribution in [0.2, 0.25) is 0 Å². The Morgan fingerprint density at radius 3 is 2.41 bits per heavy atom. The molecule has 1 aromatic heterocycles. The minimum Gasteiger partial charge on any atom is -0.490 e. The number of nitrogens with one attached hydrogen (secondary N) is 2. The summed E-state index contributed by atoms with van der Waals surface area (Å²) in [5, 5.41) is 16.1. The van der Waals surface area contributed by atoms with Crippen LogP contribution in [0.25, 0.3) is 0 Å². The number of fused-ring (bicyclic) bond motifs is 1. The quantitative estimate of drug-likeness (QED) is 0.141. The fourth-order valence-electron chi connectivity index (χ4n) is 6.42. The number of aliphatic hydroxyl groups is 1. The number of nitrogen functional groups attached to an aromatic ring is 1. The third kappa shape index (κ3) is 10.9. The Bertz CT molecular complexity index is 1860. The molecular formula is C42H52N6O6. The van der Waals surface area contributed by atoms with Gasteiger partial charge in [-0.25, -0.2) is 0 Å². The van der Waals surface area contributed by atoms with Crippen LogP contribution in [-0.2, 0) is 11.3 Å². The number of carbonyl (C=O) groups excluding carboxylic acids is 3. The second-order valence-corrected chi connectivity index (χ2v) is 14.1. The first-order chi connectivity index (χ1) is 26.0. The molecule has 3 aromatic carbocycles. The number of pyridine rings is 1. The highest BCUT2D eigenvalue weighted by Crippen LogP contribution is 2.29. The summed E-state index contributed by atoms with van der Waals surface area (Å²) in [6.45, 7) is 7.70. The number of aliphatic hydroxyl groups excluding tert-OH is 1. The van der Waals surface area contributed by atoms with Gasteiger partial charge in [0.25, 0.3) is 17.7 Å². The monoisotopic (exact) mass is 736 g/mol. The van der Waals surface area contributed by atoms with Crippen LogP contribution in [0.3, 0.4) is 0 Å². The van der Waals surface area contributed by atoms with E-state index in [9.17, 15) is 19.5 Å². The molecule has 12 nitrogen and oxygen atoms in total. The van der Waals surface area contributed by atoms with Crippen molar-refractivity contribution in [1.29, 1.82) is 0 Å². The minimum absolute atomic E-state index is 0.109. The number of hydrogen-bond acceptors (Lipinski definition) is 9. The van der Waals surface area contributed by atoms with E-state index in [1.165, 1.54) is 0 Å². The number of aromatic nitrogens is 1. The molecule has 0 saturated carbocycles. The molecule has 4 atom stereocenters. The predicted octanol–water partition coefficient (Wildman–Crippen LogP) is 6.10. The van der Waals surface area contributed by atoms with Crippen molar-refractivity contribution < 1.29 is 29.0 Å². The standard InChI is InChI=1S/C42H52N6O6/c1-28-24-48(29(2)27-49)42(52)35-23-34(45-40(50)33-18-20-44-21-19-33)16-17-38(35)54-30(3)9-7-8-22-53-39(28)26-47(4)25-31-12-14-32(15-13-31)41(51)46-37-11-6-5-10-36(37)43/h5-6,10-21,23,28-30,39,49H,7-9,22,24-27,43H2,1-4H3,(H,45,50)(H,46,51)/t28-,29+,30+,39-/m0/s1. The summed E-state index contributed by atoms with van der Waals surface area (Å²) in [6.07, 6.45) is 5.19.